The minimum atomic E-state index is 0. The Bertz CT molecular complexity index is 255. The fraction of sp³-hybridized carbons (Fsp3) is 0.143. The van der Waals surface area contributed by atoms with E-state index >= 15 is 0 Å². The van der Waals surface area contributed by atoms with Crippen molar-refractivity contribution in [3.63, 3.8) is 0 Å². The van der Waals surface area contributed by atoms with E-state index in [-0.39, 0.29) is 6.15 Å². The van der Waals surface area contributed by atoms with Gasteiger partial charge in [0.25, 0.3) is 0 Å². The number of nitrogens with zero attached hydrogens (tertiary/aromatic N) is 3. The van der Waals surface area contributed by atoms with E-state index in [9.17, 15) is 0 Å². The van der Waals surface area contributed by atoms with Crippen molar-refractivity contribution in [1.82, 2.24) is 11.1 Å². The highest BCUT2D eigenvalue weighted by molar-refractivity contribution is 5.83. The van der Waals surface area contributed by atoms with Crippen LogP contribution in [0.15, 0.2) is 23.5 Å². The summed E-state index contributed by atoms with van der Waals surface area (Å²) in [5, 5.41) is 0. The van der Waals surface area contributed by atoms with Gasteiger partial charge in [-0.1, -0.05) is 0 Å². The summed E-state index contributed by atoms with van der Waals surface area (Å²) in [6.07, 6.45) is 5.54. The molecule has 3 radical (unpaired) electrons. The maximum Gasteiger partial charge on any atom is 0.0661 e. The van der Waals surface area contributed by atoms with Gasteiger partial charge in [0.2, 0.25) is 0 Å². The molecule has 0 bridgehead atoms. The Morgan fingerprint density at radius 2 is 2.30 bits per heavy atom. The predicted octanol–water partition coefficient (Wildman–Crippen LogP) is 0.533. The van der Waals surface area contributed by atoms with E-state index in [4.69, 9.17) is 0 Å². The summed E-state index contributed by atoms with van der Waals surface area (Å²) in [6, 6.07) is 1.98. The third-order valence-corrected chi connectivity index (χ3v) is 1.43. The zero-order chi connectivity index (χ0) is 6.10. The average Bonchev–Trinajstić information content (AvgIpc) is 2.33. The minimum absolute atomic E-state index is 0. The lowest BCUT2D eigenvalue weighted by Crippen LogP contribution is -1.83. The molecule has 0 aromatic carbocycles. The highest BCUT2D eigenvalue weighted by Gasteiger charge is 2.02. The van der Waals surface area contributed by atoms with Gasteiger partial charge >= 0.3 is 0 Å². The Labute approximate surface area is 59.4 Å². The van der Waals surface area contributed by atoms with E-state index in [1.807, 2.05) is 18.5 Å². The van der Waals surface area contributed by atoms with Crippen LogP contribution in [0.25, 0.3) is 0 Å². The fourth-order valence-corrected chi connectivity index (χ4v) is 0.938. The molecule has 0 aliphatic carbocycles. The molecular formula is C7H6N3. The van der Waals surface area contributed by atoms with Crippen LogP contribution in [0.1, 0.15) is 11.1 Å². The molecule has 0 atom stereocenters. The second-order valence-electron chi connectivity index (χ2n) is 2.04. The average molecular weight is 132 g/mol. The van der Waals surface area contributed by atoms with E-state index in [1.165, 1.54) is 11.1 Å². The SMILES string of the molecule is C1=NCc2cnccc21.[N]. The van der Waals surface area contributed by atoms with Crippen LogP contribution in [-0.2, 0) is 6.54 Å². The van der Waals surface area contributed by atoms with Gasteiger partial charge in [-0.15, -0.1) is 0 Å². The molecular weight excluding hydrogens is 126 g/mol. The molecule has 10 heavy (non-hydrogen) atoms. The second-order valence-corrected chi connectivity index (χ2v) is 2.04. The van der Waals surface area contributed by atoms with Crippen LogP contribution < -0.4 is 6.15 Å². The maximum atomic E-state index is 4.09. The van der Waals surface area contributed by atoms with Gasteiger partial charge in [0.05, 0.1) is 6.54 Å². The summed E-state index contributed by atoms with van der Waals surface area (Å²) < 4.78 is 0. The van der Waals surface area contributed by atoms with Gasteiger partial charge in [0.1, 0.15) is 0 Å². The number of aromatic nitrogens is 1. The van der Waals surface area contributed by atoms with Gasteiger partial charge < -0.3 is 0 Å². The van der Waals surface area contributed by atoms with E-state index in [0.29, 0.717) is 0 Å². The monoisotopic (exact) mass is 132 g/mol. The molecule has 3 heteroatoms. The van der Waals surface area contributed by atoms with Crippen molar-refractivity contribution in [3.8, 4) is 0 Å². The molecule has 3 nitrogen and oxygen atoms in total. The van der Waals surface area contributed by atoms with Crippen molar-refractivity contribution >= 4 is 6.21 Å². The second kappa shape index (κ2) is 2.58. The highest BCUT2D eigenvalue weighted by atomic mass is 14.7. The Balaban J connectivity index is 0.000000500. The first-order chi connectivity index (χ1) is 4.47. The van der Waals surface area contributed by atoms with E-state index < -0.39 is 0 Å². The lowest BCUT2D eigenvalue weighted by Gasteiger charge is -1.90. The zero-order valence-corrected chi connectivity index (χ0v) is 5.36. The van der Waals surface area contributed by atoms with Gasteiger partial charge in [-0.2, -0.15) is 0 Å². The van der Waals surface area contributed by atoms with Crippen LogP contribution in [0, 0.1) is 0 Å². The van der Waals surface area contributed by atoms with Crippen molar-refractivity contribution in [3.05, 3.63) is 29.6 Å². The van der Waals surface area contributed by atoms with Crippen molar-refractivity contribution in [2.45, 2.75) is 6.54 Å². The summed E-state index contributed by atoms with van der Waals surface area (Å²) in [5.74, 6) is 0. The van der Waals surface area contributed by atoms with Gasteiger partial charge in [-0.05, 0) is 6.07 Å². The molecule has 2 rings (SSSR count). The predicted molar refractivity (Wildman–Crippen MR) is 37.7 cm³/mol. The lowest BCUT2D eigenvalue weighted by molar-refractivity contribution is 1.09. The molecule has 0 N–H and O–H groups in total. The third kappa shape index (κ3) is 0.910. The van der Waals surface area contributed by atoms with Gasteiger partial charge in [-0.25, -0.2) is 0 Å². The van der Waals surface area contributed by atoms with Crippen LogP contribution in [0.3, 0.4) is 0 Å². The van der Waals surface area contributed by atoms with Crippen molar-refractivity contribution < 1.29 is 0 Å². The number of pyridine rings is 1. The molecule has 0 fully saturated rings. The maximum absolute atomic E-state index is 4.09. The number of hydrogen-bond acceptors (Lipinski definition) is 2. The van der Waals surface area contributed by atoms with Crippen LogP contribution in [0.5, 0.6) is 0 Å². The minimum Gasteiger partial charge on any atom is -0.288 e. The van der Waals surface area contributed by atoms with Gasteiger partial charge in [0.15, 0.2) is 0 Å². The largest absolute Gasteiger partial charge is 0.288 e. The first-order valence-electron chi connectivity index (χ1n) is 2.89. The molecule has 49 valence electrons. The Morgan fingerprint density at radius 1 is 1.40 bits per heavy atom. The molecule has 1 aromatic rings. The number of hydrogen-bond donors (Lipinski definition) is 0. The molecule has 1 aromatic heterocycles. The highest BCUT2D eigenvalue weighted by Crippen LogP contribution is 2.10. The molecule has 1 aliphatic rings. The quantitative estimate of drug-likeness (QED) is 0.508. The first kappa shape index (κ1) is 6.89. The van der Waals surface area contributed by atoms with Gasteiger partial charge in [-0.3, -0.25) is 9.98 Å². The smallest absolute Gasteiger partial charge is 0.0661 e. The Morgan fingerprint density at radius 3 is 3.10 bits per heavy atom. The van der Waals surface area contributed by atoms with E-state index in [2.05, 4.69) is 9.98 Å². The normalized spacial score (nSPS) is 12.4. The summed E-state index contributed by atoms with van der Waals surface area (Å²) in [7, 11) is 0. The van der Waals surface area contributed by atoms with Crippen LogP contribution in [0.4, 0.5) is 0 Å². The number of aliphatic imine (C=N–C) groups is 1. The standard InChI is InChI=1S/C7H6N2.N/c1-2-8-4-7-5-9-3-6(1)7;/h1-4H,5H2;. The zero-order valence-electron chi connectivity index (χ0n) is 5.36. The van der Waals surface area contributed by atoms with Crippen molar-refractivity contribution in [2.75, 3.05) is 0 Å². The lowest BCUT2D eigenvalue weighted by atomic mass is 10.2. The fourth-order valence-electron chi connectivity index (χ4n) is 0.938. The Kier molecular flexibility index (Phi) is 1.78. The van der Waals surface area contributed by atoms with Crippen molar-refractivity contribution in [2.24, 2.45) is 4.99 Å². The summed E-state index contributed by atoms with van der Waals surface area (Å²) in [5.41, 5.74) is 2.45. The van der Waals surface area contributed by atoms with Crippen LogP contribution >= 0.6 is 0 Å². The summed E-state index contributed by atoms with van der Waals surface area (Å²) >= 11 is 0. The van der Waals surface area contributed by atoms with E-state index in [0.717, 1.165) is 6.54 Å². The Hall–Kier alpha value is -1.22. The molecule has 2 heterocycles. The van der Waals surface area contributed by atoms with Crippen LogP contribution in [-0.4, -0.2) is 11.2 Å². The first-order valence-corrected chi connectivity index (χ1v) is 2.89. The molecule has 0 saturated carbocycles. The molecule has 0 spiro atoms. The number of fused-ring (bicyclic) bond motifs is 1. The number of rotatable bonds is 0. The topological polar surface area (TPSA) is 55.8 Å². The van der Waals surface area contributed by atoms with E-state index in [1.54, 1.807) is 6.20 Å². The molecule has 0 unspecified atom stereocenters. The third-order valence-electron chi connectivity index (χ3n) is 1.43. The molecule has 0 amide bonds. The summed E-state index contributed by atoms with van der Waals surface area (Å²) in [6.45, 7) is 0.809. The van der Waals surface area contributed by atoms with Crippen molar-refractivity contribution in [1.29, 1.82) is 0 Å². The molecule has 0 saturated heterocycles. The molecule has 1 aliphatic heterocycles. The van der Waals surface area contributed by atoms with Crippen LogP contribution in [0.2, 0.25) is 0 Å². The van der Waals surface area contributed by atoms with Gasteiger partial charge in [0, 0.05) is 35.9 Å². The summed E-state index contributed by atoms with van der Waals surface area (Å²) in [4.78, 5) is 8.06.